The van der Waals surface area contributed by atoms with E-state index in [0.29, 0.717) is 24.8 Å². The zero-order valence-corrected chi connectivity index (χ0v) is 22.5. The lowest BCUT2D eigenvalue weighted by Gasteiger charge is -2.42. The summed E-state index contributed by atoms with van der Waals surface area (Å²) in [5, 5.41) is 8.26. The molecule has 3 fully saturated rings. The summed E-state index contributed by atoms with van der Waals surface area (Å²) in [6.07, 6.45) is 4.77. The predicted octanol–water partition coefficient (Wildman–Crippen LogP) is 3.67. The Hall–Kier alpha value is -2.94. The van der Waals surface area contributed by atoms with Crippen molar-refractivity contribution in [2.24, 2.45) is 7.05 Å². The Balaban J connectivity index is 1.23. The molecule has 4 heterocycles. The first kappa shape index (κ1) is 25.7. The van der Waals surface area contributed by atoms with E-state index in [-0.39, 0.29) is 23.8 Å². The van der Waals surface area contributed by atoms with Gasteiger partial charge in [0.25, 0.3) is 0 Å². The lowest BCUT2D eigenvalue weighted by atomic mass is 9.86. The number of aromatic nitrogens is 2. The minimum absolute atomic E-state index is 0.203. The van der Waals surface area contributed by atoms with Gasteiger partial charge in [0.05, 0.1) is 17.1 Å². The van der Waals surface area contributed by atoms with Crippen LogP contribution in [-0.2, 0) is 21.4 Å². The van der Waals surface area contributed by atoms with Crippen LogP contribution in [0.1, 0.15) is 82.4 Å². The number of carbonyl (C=O) groups excluding carboxylic acids is 3. The quantitative estimate of drug-likeness (QED) is 0.634. The zero-order valence-electron chi connectivity index (χ0n) is 22.5. The van der Waals surface area contributed by atoms with Gasteiger partial charge in [-0.1, -0.05) is 18.2 Å². The SMILES string of the molecule is Cn1nc(C2CCC(=O)NC2=O)c2cccc(C3CCN(C4CCN(C(=O)OC(C)(C)C)CC4)CC3)c21. The number of rotatable bonds is 3. The van der Waals surface area contributed by atoms with E-state index in [0.717, 1.165) is 68.5 Å². The molecule has 3 amide bonds. The highest BCUT2D eigenvalue weighted by molar-refractivity contribution is 6.02. The Labute approximate surface area is 218 Å². The lowest BCUT2D eigenvalue weighted by Crippen LogP contribution is -2.49. The number of hydrogen-bond acceptors (Lipinski definition) is 6. The highest BCUT2D eigenvalue weighted by atomic mass is 16.6. The summed E-state index contributed by atoms with van der Waals surface area (Å²) in [6, 6.07) is 6.84. The molecule has 200 valence electrons. The molecular formula is C28H39N5O4. The number of amides is 3. The van der Waals surface area contributed by atoms with E-state index < -0.39 is 5.60 Å². The number of piperidine rings is 3. The number of para-hydroxylation sites is 1. The van der Waals surface area contributed by atoms with Gasteiger partial charge >= 0.3 is 6.09 Å². The largest absolute Gasteiger partial charge is 0.444 e. The Morgan fingerprint density at radius 1 is 1.03 bits per heavy atom. The fourth-order valence-corrected chi connectivity index (χ4v) is 6.25. The average molecular weight is 510 g/mol. The van der Waals surface area contributed by atoms with Crippen molar-refractivity contribution in [3.05, 3.63) is 29.5 Å². The van der Waals surface area contributed by atoms with E-state index in [1.807, 2.05) is 37.4 Å². The third-order valence-corrected chi connectivity index (χ3v) is 8.10. The van der Waals surface area contributed by atoms with Gasteiger partial charge in [-0.15, -0.1) is 0 Å². The number of benzene rings is 1. The first-order valence-corrected chi connectivity index (χ1v) is 13.6. The van der Waals surface area contributed by atoms with E-state index in [4.69, 9.17) is 9.84 Å². The Morgan fingerprint density at radius 3 is 2.38 bits per heavy atom. The molecule has 3 saturated heterocycles. The summed E-state index contributed by atoms with van der Waals surface area (Å²) in [7, 11) is 1.95. The van der Waals surface area contributed by atoms with Gasteiger partial charge in [0.1, 0.15) is 5.60 Å². The molecule has 0 aliphatic carbocycles. The molecular weight excluding hydrogens is 470 g/mol. The summed E-state index contributed by atoms with van der Waals surface area (Å²) < 4.78 is 7.47. The maximum atomic E-state index is 12.5. The van der Waals surface area contributed by atoms with Crippen molar-refractivity contribution in [1.82, 2.24) is 24.9 Å². The molecule has 1 aromatic carbocycles. The highest BCUT2D eigenvalue weighted by Crippen LogP contribution is 2.37. The number of ether oxygens (including phenoxy) is 1. The monoisotopic (exact) mass is 509 g/mol. The third-order valence-electron chi connectivity index (χ3n) is 8.10. The van der Waals surface area contributed by atoms with Gasteiger partial charge < -0.3 is 14.5 Å². The van der Waals surface area contributed by atoms with Crippen molar-refractivity contribution in [3.8, 4) is 0 Å². The molecule has 0 bridgehead atoms. The summed E-state index contributed by atoms with van der Waals surface area (Å²) >= 11 is 0. The van der Waals surface area contributed by atoms with Gasteiger partial charge in [-0.2, -0.15) is 5.10 Å². The van der Waals surface area contributed by atoms with Crippen LogP contribution in [0.5, 0.6) is 0 Å². The highest BCUT2D eigenvalue weighted by Gasteiger charge is 2.34. The molecule has 5 rings (SSSR count). The molecule has 9 nitrogen and oxygen atoms in total. The Morgan fingerprint density at radius 2 is 1.73 bits per heavy atom. The van der Waals surface area contributed by atoms with Gasteiger partial charge in [0, 0.05) is 38.0 Å². The van der Waals surface area contributed by atoms with Gasteiger partial charge in [0.2, 0.25) is 11.8 Å². The topological polar surface area (TPSA) is 96.8 Å². The van der Waals surface area contributed by atoms with E-state index >= 15 is 0 Å². The molecule has 1 aromatic heterocycles. The van der Waals surface area contributed by atoms with Crippen LogP contribution in [0, 0.1) is 0 Å². The van der Waals surface area contributed by atoms with Crippen LogP contribution < -0.4 is 5.32 Å². The van der Waals surface area contributed by atoms with E-state index in [1.54, 1.807) is 0 Å². The van der Waals surface area contributed by atoms with Crippen molar-refractivity contribution < 1.29 is 19.1 Å². The molecule has 3 aliphatic heterocycles. The fraction of sp³-hybridized carbons (Fsp3) is 0.643. The van der Waals surface area contributed by atoms with Gasteiger partial charge in [-0.05, 0) is 77.4 Å². The van der Waals surface area contributed by atoms with Crippen LogP contribution in [0.4, 0.5) is 4.79 Å². The first-order valence-electron chi connectivity index (χ1n) is 13.6. The maximum Gasteiger partial charge on any atom is 0.410 e. The van der Waals surface area contributed by atoms with Crippen molar-refractivity contribution >= 4 is 28.8 Å². The number of nitrogens with one attached hydrogen (secondary N) is 1. The average Bonchev–Trinajstić information content (AvgIpc) is 3.19. The number of fused-ring (bicyclic) bond motifs is 1. The third kappa shape index (κ3) is 5.37. The van der Waals surface area contributed by atoms with Gasteiger partial charge in [-0.3, -0.25) is 19.6 Å². The lowest BCUT2D eigenvalue weighted by molar-refractivity contribution is -0.134. The molecule has 37 heavy (non-hydrogen) atoms. The summed E-state index contributed by atoms with van der Waals surface area (Å²) in [5.74, 6) is -0.394. The Bertz CT molecular complexity index is 1180. The van der Waals surface area contributed by atoms with Crippen LogP contribution in [0.2, 0.25) is 0 Å². The smallest absolute Gasteiger partial charge is 0.410 e. The summed E-state index contributed by atoms with van der Waals surface area (Å²) in [4.78, 5) is 41.0. The molecule has 1 unspecified atom stereocenters. The van der Waals surface area contributed by atoms with Crippen LogP contribution in [0.25, 0.3) is 10.9 Å². The van der Waals surface area contributed by atoms with Gasteiger partial charge in [0.15, 0.2) is 0 Å². The van der Waals surface area contributed by atoms with Crippen LogP contribution in [0.3, 0.4) is 0 Å². The molecule has 2 aromatic rings. The molecule has 0 saturated carbocycles. The normalized spacial score (nSPS) is 22.9. The number of aryl methyl sites for hydroxylation is 1. The van der Waals surface area contributed by atoms with Crippen molar-refractivity contribution in [2.45, 2.75) is 82.8 Å². The minimum Gasteiger partial charge on any atom is -0.444 e. The second-order valence-electron chi connectivity index (χ2n) is 11.8. The number of likely N-dealkylation sites (tertiary alicyclic amines) is 2. The molecule has 0 spiro atoms. The standard InChI is InChI=1S/C28H39N5O4/c1-28(2,3)37-27(36)33-16-12-19(13-17-33)32-14-10-18(11-15-32)20-6-5-7-21-24(30-31(4)25(20)21)22-8-9-23(34)29-26(22)35/h5-7,18-19,22H,8-17H2,1-4H3,(H,29,34,35). The van der Waals surface area contributed by atoms with E-state index in [9.17, 15) is 14.4 Å². The zero-order chi connectivity index (χ0) is 26.3. The molecule has 9 heteroatoms. The number of imide groups is 1. The molecule has 3 aliphatic rings. The van der Waals surface area contributed by atoms with E-state index in [1.165, 1.54) is 5.56 Å². The Kier molecular flexibility index (Phi) is 7.00. The van der Waals surface area contributed by atoms with Crippen LogP contribution in [-0.4, -0.2) is 75.3 Å². The second kappa shape index (κ2) is 10.1. The predicted molar refractivity (Wildman–Crippen MR) is 140 cm³/mol. The molecule has 0 radical (unpaired) electrons. The van der Waals surface area contributed by atoms with E-state index in [2.05, 4.69) is 28.4 Å². The maximum absolute atomic E-state index is 12.5. The van der Waals surface area contributed by atoms with Crippen molar-refractivity contribution in [2.75, 3.05) is 26.2 Å². The number of hydrogen-bond donors (Lipinski definition) is 1. The fourth-order valence-electron chi connectivity index (χ4n) is 6.25. The second-order valence-corrected chi connectivity index (χ2v) is 11.8. The minimum atomic E-state index is -0.463. The van der Waals surface area contributed by atoms with Crippen molar-refractivity contribution in [1.29, 1.82) is 0 Å². The summed E-state index contributed by atoms with van der Waals surface area (Å²) in [5.41, 5.74) is 2.71. The van der Waals surface area contributed by atoms with Crippen LogP contribution in [0.15, 0.2) is 18.2 Å². The number of nitrogens with zero attached hydrogens (tertiary/aromatic N) is 4. The molecule has 1 atom stereocenters. The number of carbonyl (C=O) groups is 3. The van der Waals surface area contributed by atoms with Crippen molar-refractivity contribution in [3.63, 3.8) is 0 Å². The molecule has 1 N–H and O–H groups in total. The van der Waals surface area contributed by atoms with Crippen LogP contribution >= 0.6 is 0 Å². The first-order chi connectivity index (χ1) is 17.6. The van der Waals surface area contributed by atoms with Gasteiger partial charge in [-0.25, -0.2) is 4.79 Å². The summed E-state index contributed by atoms with van der Waals surface area (Å²) in [6.45, 7) is 9.29.